The van der Waals surface area contributed by atoms with Gasteiger partial charge in [0.1, 0.15) is 36.3 Å². The monoisotopic (exact) mass is 637 g/mol. The van der Waals surface area contributed by atoms with Gasteiger partial charge < -0.3 is 54.6 Å². The second-order valence-electron chi connectivity index (χ2n) is 12.0. The number of nitrogen functional groups attached to an aromatic ring is 1. The lowest BCUT2D eigenvalue weighted by Gasteiger charge is -2.45. The van der Waals surface area contributed by atoms with Crippen molar-refractivity contribution in [3.8, 4) is 16.9 Å². The smallest absolute Gasteiger partial charge is 0.344 e. The molecule has 2 aromatic carbocycles. The number of hydrogen-bond acceptors (Lipinski definition) is 14. The molecule has 0 bridgehead atoms. The van der Waals surface area contributed by atoms with Gasteiger partial charge in [-0.2, -0.15) is 0 Å². The number of benzene rings is 4. The molecule has 0 amide bonds. The summed E-state index contributed by atoms with van der Waals surface area (Å²) in [5, 5.41) is 53.2. The van der Waals surface area contributed by atoms with E-state index in [9.17, 15) is 39.9 Å². The quantitative estimate of drug-likeness (QED) is 0.0646. The predicted octanol–water partition coefficient (Wildman–Crippen LogP) is -0.251. The van der Waals surface area contributed by atoms with E-state index in [-0.39, 0.29) is 55.1 Å². The number of anilines is 1. The highest BCUT2D eigenvalue weighted by atomic mass is 16.8. The van der Waals surface area contributed by atoms with Crippen LogP contribution in [0.2, 0.25) is 0 Å². The summed E-state index contributed by atoms with van der Waals surface area (Å²) >= 11 is 0. The van der Waals surface area contributed by atoms with Crippen molar-refractivity contribution in [1.82, 2.24) is 0 Å². The fourth-order valence-electron chi connectivity index (χ4n) is 6.61. The van der Waals surface area contributed by atoms with Crippen LogP contribution in [-0.4, -0.2) is 86.9 Å². The van der Waals surface area contributed by atoms with Crippen molar-refractivity contribution in [2.24, 2.45) is 0 Å². The van der Waals surface area contributed by atoms with Gasteiger partial charge in [0, 0.05) is 21.7 Å². The van der Waals surface area contributed by atoms with E-state index < -0.39 is 77.9 Å². The van der Waals surface area contributed by atoms with E-state index in [2.05, 4.69) is 0 Å². The number of aliphatic hydroxyl groups excluding tert-OH is 5. The molecule has 14 nitrogen and oxygen atoms in total. The molecule has 0 saturated carbocycles. The normalized spacial score (nSPS) is 32.2. The van der Waals surface area contributed by atoms with Crippen LogP contribution < -0.4 is 27.0 Å². The molecule has 0 unspecified atom stereocenters. The summed E-state index contributed by atoms with van der Waals surface area (Å²) in [6, 6.07) is 7.53. The van der Waals surface area contributed by atoms with E-state index in [1.54, 1.807) is 13.0 Å². The minimum Gasteiger partial charge on any atom is -0.461 e. The Bertz CT molecular complexity index is 2120. The van der Waals surface area contributed by atoms with Crippen molar-refractivity contribution in [3.63, 3.8) is 0 Å². The van der Waals surface area contributed by atoms with Crippen LogP contribution in [-0.2, 0) is 14.2 Å². The highest BCUT2D eigenvalue weighted by Crippen LogP contribution is 2.44. The number of hydrogen-bond donors (Lipinski definition) is 6. The molecule has 7 rings (SSSR count). The topological polar surface area (TPSA) is 228 Å². The lowest BCUT2D eigenvalue weighted by atomic mass is 9.87. The van der Waals surface area contributed by atoms with Crippen LogP contribution in [0.3, 0.4) is 0 Å². The molecule has 2 aliphatic carbocycles. The van der Waals surface area contributed by atoms with Gasteiger partial charge in [-0.3, -0.25) is 9.59 Å². The van der Waals surface area contributed by atoms with Crippen molar-refractivity contribution < 1.29 is 48.9 Å². The lowest BCUT2D eigenvalue weighted by Crippen LogP contribution is -2.63. The third-order valence-electron chi connectivity index (χ3n) is 9.15. The van der Waals surface area contributed by atoms with Crippen molar-refractivity contribution >= 4 is 38.2 Å². The number of fused-ring (bicyclic) bond motifs is 2. The van der Waals surface area contributed by atoms with Crippen LogP contribution in [0.5, 0.6) is 5.75 Å². The second kappa shape index (κ2) is 10.8. The highest BCUT2D eigenvalue weighted by Gasteiger charge is 2.50. The van der Waals surface area contributed by atoms with E-state index in [1.165, 1.54) is 38.1 Å². The number of aliphatic hydroxyl groups is 5. The molecule has 242 valence electrons. The third-order valence-corrected chi connectivity index (χ3v) is 9.15. The molecule has 46 heavy (non-hydrogen) atoms. The van der Waals surface area contributed by atoms with E-state index >= 15 is 0 Å². The number of aryl methyl sites for hydroxylation is 1. The Kier molecular flexibility index (Phi) is 7.19. The standard InChI is InChI=1S/C32H31NO13/c1-9-7-8-13-17-15(9)30(41)45-28-16-12(23(36)19(18(17)28)20(33)24(13)37)5-4-6-14(16)44-32-29(26(39)22(35)11(3)43-32)46-31-27(40)25(38)21(34)10(2)42-31/h4-8,10-11,21-22,25-27,29,31-32,34-35,38-40H,33H2,1-3H3/t10-,11-,21+,22+,25+,26+,27-,29-,31-,32+/m1/s1. The first-order valence-corrected chi connectivity index (χ1v) is 14.7. The maximum absolute atomic E-state index is 14.0. The zero-order valence-corrected chi connectivity index (χ0v) is 24.7. The summed E-state index contributed by atoms with van der Waals surface area (Å²) in [6.07, 6.45) is -14.5. The molecule has 4 aliphatic rings. The summed E-state index contributed by atoms with van der Waals surface area (Å²) in [5.41, 5.74) is 4.51. The van der Waals surface area contributed by atoms with Crippen molar-refractivity contribution in [1.29, 1.82) is 0 Å². The molecule has 2 aliphatic heterocycles. The Hall–Kier alpha value is -3.99. The van der Waals surface area contributed by atoms with Gasteiger partial charge in [-0.05, 0) is 32.4 Å². The highest BCUT2D eigenvalue weighted by molar-refractivity contribution is 6.22. The molecule has 2 saturated heterocycles. The Balaban J connectivity index is 1.41. The molecule has 7 N–H and O–H groups in total. The zero-order valence-electron chi connectivity index (χ0n) is 24.7. The zero-order chi connectivity index (χ0) is 32.9. The average Bonchev–Trinajstić information content (AvgIpc) is 3.02. The first kappa shape index (κ1) is 30.7. The number of rotatable bonds is 4. The van der Waals surface area contributed by atoms with Crippen molar-refractivity contribution in [2.75, 3.05) is 5.73 Å². The molecule has 2 fully saturated rings. The second-order valence-corrected chi connectivity index (χ2v) is 12.0. The summed E-state index contributed by atoms with van der Waals surface area (Å²) in [6.45, 7) is 4.60. The molecule has 0 spiro atoms. The van der Waals surface area contributed by atoms with Gasteiger partial charge in [-0.25, -0.2) is 4.79 Å². The predicted molar refractivity (Wildman–Crippen MR) is 162 cm³/mol. The van der Waals surface area contributed by atoms with Gasteiger partial charge in [-0.15, -0.1) is 0 Å². The minimum absolute atomic E-state index is 0.00762. The first-order chi connectivity index (χ1) is 21.8. The van der Waals surface area contributed by atoms with Gasteiger partial charge in [0.2, 0.25) is 11.7 Å². The average molecular weight is 638 g/mol. The van der Waals surface area contributed by atoms with E-state index in [4.69, 9.17) is 29.1 Å². The largest absolute Gasteiger partial charge is 0.461 e. The Morgan fingerprint density at radius 3 is 2.09 bits per heavy atom. The van der Waals surface area contributed by atoms with Crippen LogP contribution in [0.1, 0.15) is 19.4 Å². The number of nitrogens with two attached hydrogens (primary N) is 1. The van der Waals surface area contributed by atoms with Gasteiger partial charge >= 0.3 is 5.63 Å². The van der Waals surface area contributed by atoms with Crippen LogP contribution in [0.25, 0.3) is 43.6 Å². The SMILES string of the molecule is Cc1ccc2c(=O)c(N)c3c(=O)c4cccc(O[C@@H]5O[C@H](C)[C@H](O)[C@H](O)[C@H]5O[C@H]5O[C@H](C)[C@H](O)[C@H](O)[C@H]5O)c4c4oc(=O)c1c2c4-3. The van der Waals surface area contributed by atoms with Crippen LogP contribution in [0.15, 0.2) is 49.1 Å². The fourth-order valence-corrected chi connectivity index (χ4v) is 6.61. The number of ether oxygens (including phenoxy) is 4. The van der Waals surface area contributed by atoms with Crippen LogP contribution in [0.4, 0.5) is 5.69 Å². The van der Waals surface area contributed by atoms with Crippen molar-refractivity contribution in [2.45, 2.75) is 82.2 Å². The fraction of sp³-hybridized carbons (Fsp3) is 0.406. The van der Waals surface area contributed by atoms with Crippen LogP contribution in [0, 0.1) is 6.92 Å². The molecular weight excluding hydrogens is 606 g/mol. The van der Waals surface area contributed by atoms with Gasteiger partial charge in [-0.1, -0.05) is 24.3 Å². The van der Waals surface area contributed by atoms with E-state index in [1.807, 2.05) is 0 Å². The molecule has 0 radical (unpaired) electrons. The van der Waals surface area contributed by atoms with Crippen LogP contribution >= 0.6 is 0 Å². The van der Waals surface area contributed by atoms with Gasteiger partial charge in [0.15, 0.2) is 23.4 Å². The molecule has 3 heterocycles. The first-order valence-electron chi connectivity index (χ1n) is 14.7. The summed E-state index contributed by atoms with van der Waals surface area (Å²) in [4.78, 5) is 40.6. The third kappa shape index (κ3) is 4.30. The summed E-state index contributed by atoms with van der Waals surface area (Å²) in [5.74, 6) is -0.0448. The minimum atomic E-state index is -1.74. The van der Waals surface area contributed by atoms with E-state index in [0.29, 0.717) is 5.56 Å². The Morgan fingerprint density at radius 1 is 0.717 bits per heavy atom. The molecule has 10 atom stereocenters. The van der Waals surface area contributed by atoms with Gasteiger partial charge in [0.05, 0.1) is 34.2 Å². The van der Waals surface area contributed by atoms with Gasteiger partial charge in [0.25, 0.3) is 0 Å². The maximum atomic E-state index is 14.0. The Morgan fingerprint density at radius 2 is 1.37 bits per heavy atom. The molecule has 3 aromatic rings. The lowest BCUT2D eigenvalue weighted by molar-refractivity contribution is -0.352. The van der Waals surface area contributed by atoms with E-state index in [0.717, 1.165) is 0 Å². The van der Waals surface area contributed by atoms with Crippen molar-refractivity contribution in [3.05, 3.63) is 66.8 Å². The summed E-state index contributed by atoms with van der Waals surface area (Å²) in [7, 11) is 0. The molecular formula is C32H31NO13. The maximum Gasteiger partial charge on any atom is 0.344 e. The molecule has 1 aromatic heterocycles. The summed E-state index contributed by atoms with van der Waals surface area (Å²) < 4.78 is 29.3. The Labute approximate surface area is 258 Å². The molecule has 14 heteroatoms.